The highest BCUT2D eigenvalue weighted by Crippen LogP contribution is 2.53. The SMILES string of the molecule is CC1(C)c2ccccc2-c2cc(-c3ccc(N(c4ccc5c(c4)C(C)(C)c4ccccc4-5)c4cccc(-c5ccccc5)c4-c4ccccc4-c4ccccc4)cc3)ccc21. The summed E-state index contributed by atoms with van der Waals surface area (Å²) >= 11 is 0. The maximum Gasteiger partial charge on any atom is 0.0546 e. The molecule has 0 amide bonds. The number of anilines is 3. The number of fused-ring (bicyclic) bond motifs is 6. The van der Waals surface area contributed by atoms with Gasteiger partial charge in [-0.15, -0.1) is 0 Å². The molecule has 9 aromatic rings. The van der Waals surface area contributed by atoms with Crippen molar-refractivity contribution in [3.8, 4) is 66.8 Å². The Morgan fingerprint density at radius 1 is 0.279 bits per heavy atom. The van der Waals surface area contributed by atoms with Gasteiger partial charge in [-0.3, -0.25) is 0 Å². The molecule has 2 aliphatic rings. The number of rotatable bonds is 7. The Kier molecular flexibility index (Phi) is 8.58. The van der Waals surface area contributed by atoms with E-state index in [4.69, 9.17) is 0 Å². The molecule has 1 heteroatoms. The Morgan fingerprint density at radius 3 is 1.43 bits per heavy atom. The van der Waals surface area contributed by atoms with E-state index in [9.17, 15) is 0 Å². The van der Waals surface area contributed by atoms with Crippen LogP contribution in [0.2, 0.25) is 0 Å². The summed E-state index contributed by atoms with van der Waals surface area (Å²) in [7, 11) is 0. The van der Waals surface area contributed by atoms with Crippen LogP contribution < -0.4 is 4.90 Å². The summed E-state index contributed by atoms with van der Waals surface area (Å²) in [6.45, 7) is 9.43. The zero-order valence-corrected chi connectivity index (χ0v) is 35.2. The van der Waals surface area contributed by atoms with Gasteiger partial charge in [0, 0.05) is 27.8 Å². The average molecular weight is 782 g/mol. The quantitative estimate of drug-likeness (QED) is 0.156. The Bertz CT molecular complexity index is 3120. The van der Waals surface area contributed by atoms with E-state index >= 15 is 0 Å². The van der Waals surface area contributed by atoms with Gasteiger partial charge in [-0.1, -0.05) is 204 Å². The van der Waals surface area contributed by atoms with Crippen molar-refractivity contribution in [1.82, 2.24) is 0 Å². The van der Waals surface area contributed by atoms with E-state index in [2.05, 4.69) is 245 Å². The van der Waals surface area contributed by atoms with Gasteiger partial charge in [0.2, 0.25) is 0 Å². The van der Waals surface area contributed by atoms with Crippen molar-refractivity contribution in [1.29, 1.82) is 0 Å². The van der Waals surface area contributed by atoms with Crippen LogP contribution >= 0.6 is 0 Å². The topological polar surface area (TPSA) is 3.24 Å². The highest BCUT2D eigenvalue weighted by Gasteiger charge is 2.37. The molecule has 292 valence electrons. The molecule has 0 fully saturated rings. The molecule has 61 heavy (non-hydrogen) atoms. The molecule has 0 N–H and O–H groups in total. The van der Waals surface area contributed by atoms with E-state index in [1.807, 2.05) is 0 Å². The fraction of sp³-hybridized carbons (Fsp3) is 0.100. The molecule has 0 aromatic heterocycles. The van der Waals surface area contributed by atoms with Gasteiger partial charge >= 0.3 is 0 Å². The van der Waals surface area contributed by atoms with Crippen molar-refractivity contribution < 1.29 is 0 Å². The second-order valence-corrected chi connectivity index (χ2v) is 17.7. The van der Waals surface area contributed by atoms with Crippen LogP contribution in [0.4, 0.5) is 17.1 Å². The fourth-order valence-electron chi connectivity index (χ4n) is 10.4. The van der Waals surface area contributed by atoms with Crippen LogP contribution in [0.15, 0.2) is 212 Å². The Labute approximate surface area is 360 Å². The molecule has 0 unspecified atom stereocenters. The highest BCUT2D eigenvalue weighted by atomic mass is 15.1. The molecule has 0 spiro atoms. The molecular weight excluding hydrogens is 735 g/mol. The van der Waals surface area contributed by atoms with Crippen LogP contribution in [0.5, 0.6) is 0 Å². The van der Waals surface area contributed by atoms with Gasteiger partial charge in [0.1, 0.15) is 0 Å². The monoisotopic (exact) mass is 781 g/mol. The summed E-state index contributed by atoms with van der Waals surface area (Å²) in [4.78, 5) is 2.49. The summed E-state index contributed by atoms with van der Waals surface area (Å²) in [5, 5.41) is 0. The van der Waals surface area contributed by atoms with Crippen LogP contribution in [-0.2, 0) is 10.8 Å². The largest absolute Gasteiger partial charge is 0.310 e. The molecule has 0 heterocycles. The van der Waals surface area contributed by atoms with Crippen LogP contribution in [0, 0.1) is 0 Å². The molecule has 0 aliphatic heterocycles. The Hall–Kier alpha value is -7.22. The van der Waals surface area contributed by atoms with E-state index in [1.54, 1.807) is 0 Å². The average Bonchev–Trinajstić information content (AvgIpc) is 3.68. The predicted octanol–water partition coefficient (Wildman–Crippen LogP) is 16.4. The van der Waals surface area contributed by atoms with E-state index in [1.165, 1.54) is 89.0 Å². The molecule has 2 aliphatic carbocycles. The van der Waals surface area contributed by atoms with Gasteiger partial charge in [0.05, 0.1) is 5.69 Å². The third-order valence-corrected chi connectivity index (χ3v) is 13.5. The van der Waals surface area contributed by atoms with Gasteiger partial charge in [-0.05, 0) is 120 Å². The molecular formula is C60H47N. The summed E-state index contributed by atoms with van der Waals surface area (Å²) in [5.41, 5.74) is 23.6. The fourth-order valence-corrected chi connectivity index (χ4v) is 10.4. The molecule has 0 atom stereocenters. The van der Waals surface area contributed by atoms with Crippen LogP contribution in [-0.4, -0.2) is 0 Å². The second kappa shape index (κ2) is 14.2. The minimum absolute atomic E-state index is 0.0221. The lowest BCUT2D eigenvalue weighted by molar-refractivity contribution is 0.660. The van der Waals surface area contributed by atoms with E-state index in [0.29, 0.717) is 0 Å². The maximum absolute atomic E-state index is 2.49. The molecule has 0 radical (unpaired) electrons. The summed E-state index contributed by atoms with van der Waals surface area (Å²) in [6.07, 6.45) is 0. The normalized spacial score (nSPS) is 13.8. The van der Waals surface area contributed by atoms with Crippen molar-refractivity contribution in [2.24, 2.45) is 0 Å². The zero-order chi connectivity index (χ0) is 41.3. The van der Waals surface area contributed by atoms with Crippen LogP contribution in [0.1, 0.15) is 49.9 Å². The molecule has 0 saturated heterocycles. The number of nitrogens with zero attached hydrogens (tertiary/aromatic N) is 1. The lowest BCUT2D eigenvalue weighted by Crippen LogP contribution is -2.17. The summed E-state index contributed by atoms with van der Waals surface area (Å²) in [5.74, 6) is 0. The van der Waals surface area contributed by atoms with Gasteiger partial charge in [0.25, 0.3) is 0 Å². The molecule has 1 nitrogen and oxygen atoms in total. The first-order valence-corrected chi connectivity index (χ1v) is 21.5. The first kappa shape index (κ1) is 36.8. The zero-order valence-electron chi connectivity index (χ0n) is 35.2. The third-order valence-electron chi connectivity index (χ3n) is 13.5. The molecule has 11 rings (SSSR count). The van der Waals surface area contributed by atoms with Crippen LogP contribution in [0.3, 0.4) is 0 Å². The highest BCUT2D eigenvalue weighted by molar-refractivity contribution is 6.01. The Balaban J connectivity index is 1.13. The van der Waals surface area contributed by atoms with Gasteiger partial charge < -0.3 is 4.90 Å². The third kappa shape index (κ3) is 5.91. The van der Waals surface area contributed by atoms with Gasteiger partial charge in [-0.2, -0.15) is 0 Å². The Morgan fingerprint density at radius 2 is 0.754 bits per heavy atom. The standard InChI is InChI=1S/C60H47N/c1-59(2)54-28-16-14-24-49(54)52-38-43(32-37-55(52)59)40-30-33-44(34-31-40)61(45-35-36-50-48-23-13-15-27-53(48)60(3,4)56(50)39-45)57-29-17-26-47(42-20-9-6-10-21-42)58(57)51-25-12-11-22-46(51)41-18-7-5-8-19-41/h5-39H,1-4H3. The lowest BCUT2D eigenvalue weighted by atomic mass is 9.82. The second-order valence-electron chi connectivity index (χ2n) is 17.7. The number of benzene rings is 9. The molecule has 0 saturated carbocycles. The van der Waals surface area contributed by atoms with Crippen LogP contribution in [0.25, 0.3) is 66.8 Å². The van der Waals surface area contributed by atoms with Crippen molar-refractivity contribution in [3.05, 3.63) is 235 Å². The van der Waals surface area contributed by atoms with E-state index in [0.717, 1.165) is 17.1 Å². The van der Waals surface area contributed by atoms with Crippen molar-refractivity contribution in [2.75, 3.05) is 4.90 Å². The lowest BCUT2D eigenvalue weighted by Gasteiger charge is -2.31. The predicted molar refractivity (Wildman–Crippen MR) is 258 cm³/mol. The minimum Gasteiger partial charge on any atom is -0.310 e. The first-order valence-electron chi connectivity index (χ1n) is 21.5. The molecule has 9 aromatic carbocycles. The number of hydrogen-bond donors (Lipinski definition) is 0. The van der Waals surface area contributed by atoms with E-state index < -0.39 is 0 Å². The molecule has 0 bridgehead atoms. The van der Waals surface area contributed by atoms with Crippen molar-refractivity contribution in [2.45, 2.75) is 38.5 Å². The maximum atomic E-state index is 2.49. The van der Waals surface area contributed by atoms with Gasteiger partial charge in [0.15, 0.2) is 0 Å². The van der Waals surface area contributed by atoms with Gasteiger partial charge in [-0.25, -0.2) is 0 Å². The summed E-state index contributed by atoms with van der Waals surface area (Å²) in [6, 6.07) is 78.6. The minimum atomic E-state index is -0.146. The smallest absolute Gasteiger partial charge is 0.0546 e. The van der Waals surface area contributed by atoms with Crippen molar-refractivity contribution in [3.63, 3.8) is 0 Å². The first-order chi connectivity index (χ1) is 29.8. The number of hydrogen-bond acceptors (Lipinski definition) is 1. The summed E-state index contributed by atoms with van der Waals surface area (Å²) < 4.78 is 0. The van der Waals surface area contributed by atoms with Crippen molar-refractivity contribution >= 4 is 17.1 Å². The van der Waals surface area contributed by atoms with E-state index in [-0.39, 0.29) is 10.8 Å².